The molecule has 0 aliphatic carbocycles. The standard InChI is InChI=1S/C15H25NO/c1-3-4-10-17-11-9-15(16)12-14-7-5-13(2)6-8-14/h5-8,15H,3-4,9-12,16H2,1-2H3. The van der Waals surface area contributed by atoms with Gasteiger partial charge in [0.25, 0.3) is 0 Å². The number of hydrogen-bond donors (Lipinski definition) is 1. The number of ether oxygens (including phenoxy) is 1. The number of hydrogen-bond acceptors (Lipinski definition) is 2. The minimum Gasteiger partial charge on any atom is -0.381 e. The second kappa shape index (κ2) is 8.26. The lowest BCUT2D eigenvalue weighted by Gasteiger charge is -2.12. The van der Waals surface area contributed by atoms with Crippen LogP contribution in [0.1, 0.15) is 37.3 Å². The SMILES string of the molecule is CCCCOCCC(N)Cc1ccc(C)cc1. The smallest absolute Gasteiger partial charge is 0.0480 e. The summed E-state index contributed by atoms with van der Waals surface area (Å²) in [7, 11) is 0. The first-order valence-corrected chi connectivity index (χ1v) is 6.61. The summed E-state index contributed by atoms with van der Waals surface area (Å²) in [4.78, 5) is 0. The summed E-state index contributed by atoms with van der Waals surface area (Å²) >= 11 is 0. The third-order valence-corrected chi connectivity index (χ3v) is 2.89. The topological polar surface area (TPSA) is 35.2 Å². The van der Waals surface area contributed by atoms with Crippen molar-refractivity contribution < 1.29 is 4.74 Å². The van der Waals surface area contributed by atoms with E-state index in [-0.39, 0.29) is 6.04 Å². The molecule has 0 aromatic heterocycles. The average Bonchev–Trinajstić information content (AvgIpc) is 2.32. The maximum absolute atomic E-state index is 6.08. The molecule has 17 heavy (non-hydrogen) atoms. The van der Waals surface area contributed by atoms with Crippen molar-refractivity contribution in [3.63, 3.8) is 0 Å². The maximum atomic E-state index is 6.08. The third kappa shape index (κ3) is 6.44. The van der Waals surface area contributed by atoms with E-state index in [0.29, 0.717) is 0 Å². The Hall–Kier alpha value is -0.860. The number of nitrogens with two attached hydrogens (primary N) is 1. The predicted octanol–water partition coefficient (Wildman–Crippen LogP) is 3.07. The van der Waals surface area contributed by atoms with Crippen LogP contribution in [0.5, 0.6) is 0 Å². The van der Waals surface area contributed by atoms with Crippen LogP contribution in [0.2, 0.25) is 0 Å². The Kier molecular flexibility index (Phi) is 6.90. The van der Waals surface area contributed by atoms with Gasteiger partial charge in [0.2, 0.25) is 0 Å². The molecule has 1 aromatic rings. The lowest BCUT2D eigenvalue weighted by atomic mass is 10.0. The van der Waals surface area contributed by atoms with E-state index in [1.54, 1.807) is 0 Å². The lowest BCUT2D eigenvalue weighted by Crippen LogP contribution is -2.24. The lowest BCUT2D eigenvalue weighted by molar-refractivity contribution is 0.124. The van der Waals surface area contributed by atoms with Crippen LogP contribution in [0, 0.1) is 6.92 Å². The van der Waals surface area contributed by atoms with E-state index >= 15 is 0 Å². The molecule has 0 radical (unpaired) electrons. The van der Waals surface area contributed by atoms with E-state index in [1.165, 1.54) is 17.5 Å². The van der Waals surface area contributed by atoms with Crippen LogP contribution in [-0.4, -0.2) is 19.3 Å². The normalized spacial score (nSPS) is 12.6. The van der Waals surface area contributed by atoms with Gasteiger partial charge in [-0.2, -0.15) is 0 Å². The molecule has 96 valence electrons. The summed E-state index contributed by atoms with van der Waals surface area (Å²) < 4.78 is 5.52. The maximum Gasteiger partial charge on any atom is 0.0480 e. The molecule has 0 aliphatic rings. The molecule has 1 rings (SSSR count). The molecule has 2 nitrogen and oxygen atoms in total. The van der Waals surface area contributed by atoms with Crippen LogP contribution in [-0.2, 0) is 11.2 Å². The Labute approximate surface area is 105 Å². The molecule has 2 heteroatoms. The van der Waals surface area contributed by atoms with E-state index in [1.807, 2.05) is 0 Å². The minimum absolute atomic E-state index is 0.208. The predicted molar refractivity (Wildman–Crippen MR) is 73.2 cm³/mol. The molecular formula is C15H25NO. The molecule has 0 fully saturated rings. The Balaban J connectivity index is 2.16. The largest absolute Gasteiger partial charge is 0.381 e. The van der Waals surface area contributed by atoms with Gasteiger partial charge in [-0.3, -0.25) is 0 Å². The van der Waals surface area contributed by atoms with E-state index < -0.39 is 0 Å². The zero-order valence-corrected chi connectivity index (χ0v) is 11.1. The number of benzene rings is 1. The van der Waals surface area contributed by atoms with Crippen molar-refractivity contribution in [3.8, 4) is 0 Å². The third-order valence-electron chi connectivity index (χ3n) is 2.89. The van der Waals surface area contributed by atoms with Gasteiger partial charge in [0.1, 0.15) is 0 Å². The van der Waals surface area contributed by atoms with Gasteiger partial charge in [-0.25, -0.2) is 0 Å². The fourth-order valence-electron chi connectivity index (χ4n) is 1.71. The summed E-state index contributed by atoms with van der Waals surface area (Å²) in [6.45, 7) is 5.93. The van der Waals surface area contributed by atoms with Gasteiger partial charge in [-0.1, -0.05) is 43.2 Å². The summed E-state index contributed by atoms with van der Waals surface area (Å²) in [5.74, 6) is 0. The van der Waals surface area contributed by atoms with E-state index in [0.717, 1.165) is 32.5 Å². The summed E-state index contributed by atoms with van der Waals surface area (Å²) in [6, 6.07) is 8.80. The van der Waals surface area contributed by atoms with Crippen LogP contribution in [0.4, 0.5) is 0 Å². The molecule has 2 N–H and O–H groups in total. The molecule has 0 bridgehead atoms. The van der Waals surface area contributed by atoms with Gasteiger partial charge in [0.05, 0.1) is 0 Å². The fraction of sp³-hybridized carbons (Fsp3) is 0.600. The van der Waals surface area contributed by atoms with Crippen molar-refractivity contribution in [3.05, 3.63) is 35.4 Å². The van der Waals surface area contributed by atoms with Gasteiger partial charge in [-0.05, 0) is 31.7 Å². The van der Waals surface area contributed by atoms with Gasteiger partial charge in [0.15, 0.2) is 0 Å². The Morgan fingerprint density at radius 1 is 1.18 bits per heavy atom. The van der Waals surface area contributed by atoms with Crippen LogP contribution >= 0.6 is 0 Å². The van der Waals surface area contributed by atoms with Gasteiger partial charge in [0, 0.05) is 19.3 Å². The molecule has 1 unspecified atom stereocenters. The van der Waals surface area contributed by atoms with Gasteiger partial charge < -0.3 is 10.5 Å². The molecule has 0 spiro atoms. The highest BCUT2D eigenvalue weighted by Gasteiger charge is 2.03. The summed E-state index contributed by atoms with van der Waals surface area (Å²) in [5.41, 5.74) is 8.69. The van der Waals surface area contributed by atoms with Crippen molar-refractivity contribution in [1.82, 2.24) is 0 Å². The van der Waals surface area contributed by atoms with Crippen LogP contribution < -0.4 is 5.73 Å². The molecule has 1 aromatic carbocycles. The molecular weight excluding hydrogens is 210 g/mol. The van der Waals surface area contributed by atoms with E-state index in [9.17, 15) is 0 Å². The zero-order chi connectivity index (χ0) is 12.5. The molecule has 1 atom stereocenters. The van der Waals surface area contributed by atoms with Crippen molar-refractivity contribution in [2.75, 3.05) is 13.2 Å². The summed E-state index contributed by atoms with van der Waals surface area (Å²) in [5, 5.41) is 0. The molecule has 0 aliphatic heterocycles. The highest BCUT2D eigenvalue weighted by molar-refractivity contribution is 5.21. The highest BCUT2D eigenvalue weighted by Crippen LogP contribution is 2.07. The van der Waals surface area contributed by atoms with Crippen molar-refractivity contribution >= 4 is 0 Å². The number of aryl methyl sites for hydroxylation is 1. The molecule has 0 saturated heterocycles. The quantitative estimate of drug-likeness (QED) is 0.703. The van der Waals surface area contributed by atoms with Crippen molar-refractivity contribution in [1.29, 1.82) is 0 Å². The van der Waals surface area contributed by atoms with E-state index in [2.05, 4.69) is 38.1 Å². The van der Waals surface area contributed by atoms with E-state index in [4.69, 9.17) is 10.5 Å². The number of rotatable bonds is 8. The average molecular weight is 235 g/mol. The van der Waals surface area contributed by atoms with Crippen molar-refractivity contribution in [2.45, 2.75) is 45.6 Å². The second-order valence-electron chi connectivity index (χ2n) is 4.70. The Bertz CT molecular complexity index is 294. The molecule has 0 heterocycles. The highest BCUT2D eigenvalue weighted by atomic mass is 16.5. The summed E-state index contributed by atoms with van der Waals surface area (Å²) in [6.07, 6.45) is 4.22. The Morgan fingerprint density at radius 3 is 2.53 bits per heavy atom. The first kappa shape index (κ1) is 14.2. The van der Waals surface area contributed by atoms with Crippen LogP contribution in [0.3, 0.4) is 0 Å². The van der Waals surface area contributed by atoms with Crippen molar-refractivity contribution in [2.24, 2.45) is 5.73 Å². The molecule has 0 saturated carbocycles. The fourth-order valence-corrected chi connectivity index (χ4v) is 1.71. The zero-order valence-electron chi connectivity index (χ0n) is 11.1. The molecule has 0 amide bonds. The monoisotopic (exact) mass is 235 g/mol. The second-order valence-corrected chi connectivity index (χ2v) is 4.70. The first-order valence-electron chi connectivity index (χ1n) is 6.61. The van der Waals surface area contributed by atoms with Gasteiger partial charge in [-0.15, -0.1) is 0 Å². The first-order chi connectivity index (χ1) is 8.22. The Morgan fingerprint density at radius 2 is 1.88 bits per heavy atom. The van der Waals surface area contributed by atoms with Crippen LogP contribution in [0.15, 0.2) is 24.3 Å². The number of unbranched alkanes of at least 4 members (excludes halogenated alkanes) is 1. The van der Waals surface area contributed by atoms with Gasteiger partial charge >= 0.3 is 0 Å². The van der Waals surface area contributed by atoms with Crippen LogP contribution in [0.25, 0.3) is 0 Å². The minimum atomic E-state index is 0.208.